The van der Waals surface area contributed by atoms with Crippen molar-refractivity contribution in [3.8, 4) is 0 Å². The third kappa shape index (κ3) is 5.12. The predicted molar refractivity (Wildman–Crippen MR) is 120 cm³/mol. The fourth-order valence-electron chi connectivity index (χ4n) is 4.71. The van der Waals surface area contributed by atoms with Crippen LogP contribution in [0.4, 0.5) is 21.7 Å². The van der Waals surface area contributed by atoms with Gasteiger partial charge in [0.1, 0.15) is 5.82 Å². The van der Waals surface area contributed by atoms with Gasteiger partial charge in [0.15, 0.2) is 11.6 Å². The van der Waals surface area contributed by atoms with Gasteiger partial charge in [0.05, 0.1) is 17.4 Å². The van der Waals surface area contributed by atoms with Gasteiger partial charge in [0.25, 0.3) is 5.91 Å². The molecular formula is C23H31FN6O. The van der Waals surface area contributed by atoms with Crippen molar-refractivity contribution in [2.45, 2.75) is 75.8 Å². The summed E-state index contributed by atoms with van der Waals surface area (Å²) in [5.74, 6) is -0.586. The number of amides is 1. The van der Waals surface area contributed by atoms with Gasteiger partial charge in [-0.15, -0.1) is 0 Å². The van der Waals surface area contributed by atoms with Gasteiger partial charge >= 0.3 is 0 Å². The van der Waals surface area contributed by atoms with Crippen molar-refractivity contribution in [2.75, 3.05) is 10.6 Å². The number of aromatic nitrogens is 2. The largest absolute Gasteiger partial charge is 0.365 e. The molecule has 31 heavy (non-hydrogen) atoms. The van der Waals surface area contributed by atoms with Crippen LogP contribution in [0.1, 0.15) is 79.6 Å². The molecular weight excluding hydrogens is 395 g/mol. The number of carbonyl (C=O) groups is 1. The molecule has 166 valence electrons. The number of carbonyl (C=O) groups excluding carboxylic acids is 1. The van der Waals surface area contributed by atoms with Crippen LogP contribution in [0.2, 0.25) is 0 Å². The van der Waals surface area contributed by atoms with Crippen molar-refractivity contribution in [3.05, 3.63) is 41.5 Å². The number of halogens is 1. The first kappa shape index (κ1) is 21.5. The second-order valence-corrected chi connectivity index (χ2v) is 8.75. The Morgan fingerprint density at radius 2 is 1.74 bits per heavy atom. The van der Waals surface area contributed by atoms with Gasteiger partial charge in [-0.1, -0.05) is 32.1 Å². The van der Waals surface area contributed by atoms with Crippen LogP contribution in [0.15, 0.2) is 24.5 Å². The van der Waals surface area contributed by atoms with E-state index in [0.717, 1.165) is 44.6 Å². The molecule has 0 saturated heterocycles. The number of pyridine rings is 2. The van der Waals surface area contributed by atoms with E-state index >= 15 is 0 Å². The standard InChI is InChI=1S/C23H31FN6O/c24-18-11-17(21(26)31)22(30-23(18)29-20-9-5-4-8-19(20)25)28-16-10-15(12-27-13-16)14-6-2-1-3-7-14/h10-14,19-20H,1-9,25H2,(H2,26,31)(H2,28,29,30)/t19-,20+/m0/s1. The molecule has 0 aliphatic heterocycles. The van der Waals surface area contributed by atoms with Gasteiger partial charge in [0.2, 0.25) is 0 Å². The first-order valence-corrected chi connectivity index (χ1v) is 11.3. The Kier molecular flexibility index (Phi) is 6.65. The van der Waals surface area contributed by atoms with Gasteiger partial charge in [-0.3, -0.25) is 9.78 Å². The second kappa shape index (κ2) is 9.60. The van der Waals surface area contributed by atoms with E-state index in [9.17, 15) is 9.18 Å². The maximum Gasteiger partial charge on any atom is 0.252 e. The molecule has 2 heterocycles. The van der Waals surface area contributed by atoms with Crippen LogP contribution in [-0.4, -0.2) is 28.0 Å². The zero-order chi connectivity index (χ0) is 21.8. The van der Waals surface area contributed by atoms with E-state index in [2.05, 4.69) is 20.6 Å². The van der Waals surface area contributed by atoms with Crippen molar-refractivity contribution in [1.29, 1.82) is 0 Å². The maximum absolute atomic E-state index is 14.7. The van der Waals surface area contributed by atoms with E-state index in [1.807, 2.05) is 12.3 Å². The third-order valence-electron chi connectivity index (χ3n) is 6.48. The van der Waals surface area contributed by atoms with E-state index in [0.29, 0.717) is 11.6 Å². The van der Waals surface area contributed by atoms with Crippen LogP contribution in [-0.2, 0) is 0 Å². The van der Waals surface area contributed by atoms with Gasteiger partial charge < -0.3 is 22.1 Å². The number of nitrogens with two attached hydrogens (primary N) is 2. The van der Waals surface area contributed by atoms with E-state index in [-0.39, 0.29) is 29.3 Å². The number of primary amides is 1. The fourth-order valence-corrected chi connectivity index (χ4v) is 4.71. The van der Waals surface area contributed by atoms with E-state index in [1.54, 1.807) is 6.20 Å². The Hall–Kier alpha value is -2.74. The van der Waals surface area contributed by atoms with Gasteiger partial charge in [-0.25, -0.2) is 9.37 Å². The molecule has 4 rings (SSSR count). The molecule has 0 radical (unpaired) electrons. The van der Waals surface area contributed by atoms with Crippen molar-refractivity contribution in [2.24, 2.45) is 11.5 Å². The maximum atomic E-state index is 14.7. The van der Waals surface area contributed by atoms with Crippen molar-refractivity contribution in [1.82, 2.24) is 9.97 Å². The average molecular weight is 427 g/mol. The highest BCUT2D eigenvalue weighted by Crippen LogP contribution is 2.34. The SMILES string of the molecule is NC(=O)c1cc(F)c(N[C@@H]2CCCC[C@@H]2N)nc1Nc1cncc(C2CCCCC2)c1. The summed E-state index contributed by atoms with van der Waals surface area (Å²) >= 11 is 0. The molecule has 2 aromatic rings. The summed E-state index contributed by atoms with van der Waals surface area (Å²) in [5.41, 5.74) is 13.6. The van der Waals surface area contributed by atoms with Crippen molar-refractivity contribution < 1.29 is 9.18 Å². The van der Waals surface area contributed by atoms with E-state index in [1.165, 1.54) is 24.8 Å². The zero-order valence-electron chi connectivity index (χ0n) is 17.7. The molecule has 0 spiro atoms. The topological polar surface area (TPSA) is 119 Å². The highest BCUT2D eigenvalue weighted by molar-refractivity contribution is 5.98. The van der Waals surface area contributed by atoms with Gasteiger partial charge in [0, 0.05) is 18.3 Å². The Morgan fingerprint density at radius 3 is 2.48 bits per heavy atom. The minimum absolute atomic E-state index is 0.000868. The van der Waals surface area contributed by atoms with Crippen LogP contribution in [0.5, 0.6) is 0 Å². The number of nitrogens with zero attached hydrogens (tertiary/aromatic N) is 2. The lowest BCUT2D eigenvalue weighted by Crippen LogP contribution is -2.43. The van der Waals surface area contributed by atoms with Crippen LogP contribution < -0.4 is 22.1 Å². The molecule has 2 atom stereocenters. The number of hydrogen-bond acceptors (Lipinski definition) is 6. The fraction of sp³-hybridized carbons (Fsp3) is 0.522. The highest BCUT2D eigenvalue weighted by Gasteiger charge is 2.24. The van der Waals surface area contributed by atoms with Crippen LogP contribution >= 0.6 is 0 Å². The molecule has 1 amide bonds. The summed E-state index contributed by atoms with van der Waals surface area (Å²) in [5, 5.41) is 6.27. The summed E-state index contributed by atoms with van der Waals surface area (Å²) in [7, 11) is 0. The summed E-state index contributed by atoms with van der Waals surface area (Å²) in [6, 6.07) is 3.05. The van der Waals surface area contributed by atoms with E-state index < -0.39 is 11.7 Å². The Labute approximate surface area is 182 Å². The average Bonchev–Trinajstić information content (AvgIpc) is 2.78. The molecule has 2 saturated carbocycles. The third-order valence-corrected chi connectivity index (χ3v) is 6.48. The first-order chi connectivity index (χ1) is 15.0. The Bertz CT molecular complexity index is 930. The predicted octanol–water partition coefficient (Wildman–Crippen LogP) is 4.19. The number of hydrogen-bond donors (Lipinski definition) is 4. The zero-order valence-corrected chi connectivity index (χ0v) is 17.7. The number of rotatable bonds is 6. The molecule has 6 N–H and O–H groups in total. The van der Waals surface area contributed by atoms with Gasteiger partial charge in [-0.05, 0) is 49.3 Å². The van der Waals surface area contributed by atoms with Crippen LogP contribution in [0, 0.1) is 5.82 Å². The summed E-state index contributed by atoms with van der Waals surface area (Å²) < 4.78 is 14.7. The van der Waals surface area contributed by atoms with Crippen LogP contribution in [0.3, 0.4) is 0 Å². The first-order valence-electron chi connectivity index (χ1n) is 11.3. The lowest BCUT2D eigenvalue weighted by molar-refractivity contribution is 0.100. The minimum atomic E-state index is -0.744. The molecule has 2 fully saturated rings. The molecule has 8 heteroatoms. The lowest BCUT2D eigenvalue weighted by Gasteiger charge is -2.30. The molecule has 0 aromatic carbocycles. The highest BCUT2D eigenvalue weighted by atomic mass is 19.1. The second-order valence-electron chi connectivity index (χ2n) is 8.75. The molecule has 2 aromatic heterocycles. The quantitative estimate of drug-likeness (QED) is 0.550. The Balaban J connectivity index is 1.60. The van der Waals surface area contributed by atoms with Crippen LogP contribution in [0.25, 0.3) is 0 Å². The smallest absolute Gasteiger partial charge is 0.252 e. The van der Waals surface area contributed by atoms with Crippen molar-refractivity contribution in [3.63, 3.8) is 0 Å². The lowest BCUT2D eigenvalue weighted by atomic mass is 9.85. The minimum Gasteiger partial charge on any atom is -0.365 e. The normalized spacial score (nSPS) is 22.1. The summed E-state index contributed by atoms with van der Waals surface area (Å²) in [6.07, 6.45) is 13.5. The molecule has 0 bridgehead atoms. The molecule has 2 aliphatic rings. The number of anilines is 3. The molecule has 2 aliphatic carbocycles. The van der Waals surface area contributed by atoms with Crippen molar-refractivity contribution >= 4 is 23.2 Å². The monoisotopic (exact) mass is 426 g/mol. The van der Waals surface area contributed by atoms with Gasteiger partial charge in [-0.2, -0.15) is 0 Å². The summed E-state index contributed by atoms with van der Waals surface area (Å²) in [6.45, 7) is 0. The summed E-state index contributed by atoms with van der Waals surface area (Å²) in [4.78, 5) is 20.7. The number of nitrogens with one attached hydrogen (secondary N) is 2. The molecule has 7 nitrogen and oxygen atoms in total. The molecule has 0 unspecified atom stereocenters. The Morgan fingerprint density at radius 1 is 1.00 bits per heavy atom. The van der Waals surface area contributed by atoms with E-state index in [4.69, 9.17) is 11.5 Å².